The molecule has 28 heavy (non-hydrogen) atoms. The van der Waals surface area contributed by atoms with Crippen molar-refractivity contribution >= 4 is 22.7 Å². The molecule has 2 aromatic carbocycles. The number of fused-ring (bicyclic) bond motifs is 1. The van der Waals surface area contributed by atoms with Gasteiger partial charge >= 0.3 is 0 Å². The van der Waals surface area contributed by atoms with E-state index >= 15 is 0 Å². The van der Waals surface area contributed by atoms with Crippen LogP contribution in [0.15, 0.2) is 46.9 Å². The van der Waals surface area contributed by atoms with Crippen molar-refractivity contribution in [3.8, 4) is 5.75 Å². The molecule has 6 heteroatoms. The number of ether oxygens (including phenoxy) is 1. The Hall–Kier alpha value is -3.02. The molecule has 0 spiro atoms. The molecule has 1 saturated heterocycles. The van der Waals surface area contributed by atoms with Crippen LogP contribution < -0.4 is 9.64 Å². The number of aryl methyl sites for hydroxylation is 2. The summed E-state index contributed by atoms with van der Waals surface area (Å²) >= 11 is 0. The van der Waals surface area contributed by atoms with Crippen LogP contribution in [0.4, 0.5) is 5.69 Å². The molecule has 0 saturated carbocycles. The predicted molar refractivity (Wildman–Crippen MR) is 109 cm³/mol. The molecule has 0 N–H and O–H groups in total. The highest BCUT2D eigenvalue weighted by Crippen LogP contribution is 2.28. The normalized spacial score (nSPS) is 14.5. The summed E-state index contributed by atoms with van der Waals surface area (Å²) in [6, 6.07) is 14.0. The fourth-order valence-corrected chi connectivity index (χ4v) is 3.74. The molecule has 1 fully saturated rings. The summed E-state index contributed by atoms with van der Waals surface area (Å²) in [4.78, 5) is 21.3. The molecule has 1 aliphatic rings. The molecule has 1 amide bonds. The number of para-hydroxylation sites is 2. The number of hydrogen-bond donors (Lipinski definition) is 0. The van der Waals surface area contributed by atoms with Crippen molar-refractivity contribution in [1.29, 1.82) is 0 Å². The molecule has 146 valence electrons. The number of carbonyl (C=O) groups excluding carboxylic acids is 1. The van der Waals surface area contributed by atoms with Gasteiger partial charge in [0.05, 0.1) is 12.8 Å². The maximum atomic E-state index is 12.7. The molecule has 0 radical (unpaired) electrons. The third-order valence-corrected chi connectivity index (χ3v) is 5.24. The maximum Gasteiger partial charge on any atom is 0.223 e. The minimum Gasteiger partial charge on any atom is -0.495 e. The summed E-state index contributed by atoms with van der Waals surface area (Å²) in [5.41, 5.74) is 3.85. The molecule has 0 unspecified atom stereocenters. The van der Waals surface area contributed by atoms with Gasteiger partial charge in [0.25, 0.3) is 0 Å². The molecule has 3 aromatic rings. The lowest BCUT2D eigenvalue weighted by Crippen LogP contribution is -2.48. The molecular formula is C22H25N3O3. The number of hydrogen-bond acceptors (Lipinski definition) is 5. The quantitative estimate of drug-likeness (QED) is 0.680. The summed E-state index contributed by atoms with van der Waals surface area (Å²) in [7, 11) is 1.69. The number of benzene rings is 2. The van der Waals surface area contributed by atoms with E-state index in [0.29, 0.717) is 18.7 Å². The number of piperazine rings is 1. The number of anilines is 1. The molecule has 0 atom stereocenters. The standard InChI is InChI=1S/C22H25N3O3/c1-16-23-18-15-17(7-9-20(18)28-16)8-10-22(26)25-13-11-24(12-14-25)19-5-3-4-6-21(19)27-2/h3-7,9,15H,8,10-14H2,1-2H3. The number of methoxy groups -OCH3 is 1. The van der Waals surface area contributed by atoms with Gasteiger partial charge < -0.3 is 19.0 Å². The van der Waals surface area contributed by atoms with Crippen molar-refractivity contribution in [1.82, 2.24) is 9.88 Å². The Morgan fingerprint density at radius 1 is 1.14 bits per heavy atom. The van der Waals surface area contributed by atoms with Gasteiger partial charge in [-0.05, 0) is 36.2 Å². The maximum absolute atomic E-state index is 12.7. The van der Waals surface area contributed by atoms with E-state index in [2.05, 4.69) is 16.0 Å². The van der Waals surface area contributed by atoms with Crippen molar-refractivity contribution in [3.05, 3.63) is 53.9 Å². The molecule has 4 rings (SSSR count). The van der Waals surface area contributed by atoms with Gasteiger partial charge in [-0.3, -0.25) is 4.79 Å². The number of aromatic nitrogens is 1. The minimum absolute atomic E-state index is 0.205. The average Bonchev–Trinajstić information content (AvgIpc) is 3.11. The Bertz CT molecular complexity index is 974. The first kappa shape index (κ1) is 18.3. The van der Waals surface area contributed by atoms with Gasteiger partial charge in [0.2, 0.25) is 5.91 Å². The number of oxazole rings is 1. The van der Waals surface area contributed by atoms with Gasteiger partial charge in [-0.25, -0.2) is 4.98 Å². The largest absolute Gasteiger partial charge is 0.495 e. The van der Waals surface area contributed by atoms with Gasteiger partial charge in [-0.15, -0.1) is 0 Å². The van der Waals surface area contributed by atoms with Gasteiger partial charge in [-0.1, -0.05) is 18.2 Å². The van der Waals surface area contributed by atoms with Crippen molar-refractivity contribution in [2.45, 2.75) is 19.8 Å². The van der Waals surface area contributed by atoms with Crippen LogP contribution in [-0.2, 0) is 11.2 Å². The van der Waals surface area contributed by atoms with E-state index < -0.39 is 0 Å². The SMILES string of the molecule is COc1ccccc1N1CCN(C(=O)CCc2ccc3oc(C)nc3c2)CC1. The summed E-state index contributed by atoms with van der Waals surface area (Å²) in [6.45, 7) is 4.94. The molecule has 6 nitrogen and oxygen atoms in total. The second kappa shape index (κ2) is 7.92. The summed E-state index contributed by atoms with van der Waals surface area (Å²) in [6.07, 6.45) is 1.23. The average molecular weight is 379 g/mol. The lowest BCUT2D eigenvalue weighted by Gasteiger charge is -2.36. The Labute approximate surface area is 164 Å². The van der Waals surface area contributed by atoms with Gasteiger partial charge in [-0.2, -0.15) is 0 Å². The fraction of sp³-hybridized carbons (Fsp3) is 0.364. The Morgan fingerprint density at radius 3 is 2.71 bits per heavy atom. The zero-order chi connectivity index (χ0) is 19.5. The third-order valence-electron chi connectivity index (χ3n) is 5.24. The number of nitrogens with zero attached hydrogens (tertiary/aromatic N) is 3. The topological polar surface area (TPSA) is 58.8 Å². The van der Waals surface area contributed by atoms with Crippen LogP contribution in [0.5, 0.6) is 5.75 Å². The second-order valence-corrected chi connectivity index (χ2v) is 7.07. The van der Waals surface area contributed by atoms with Crippen LogP contribution in [0, 0.1) is 6.92 Å². The lowest BCUT2D eigenvalue weighted by molar-refractivity contribution is -0.131. The minimum atomic E-state index is 0.205. The van der Waals surface area contributed by atoms with Crippen LogP contribution in [0.1, 0.15) is 17.9 Å². The predicted octanol–water partition coefficient (Wildman–Crippen LogP) is 3.43. The van der Waals surface area contributed by atoms with Crippen molar-refractivity contribution in [3.63, 3.8) is 0 Å². The molecule has 0 aliphatic carbocycles. The monoisotopic (exact) mass is 379 g/mol. The number of amides is 1. The first-order chi connectivity index (χ1) is 13.6. The Kier molecular flexibility index (Phi) is 5.19. The summed E-state index contributed by atoms with van der Waals surface area (Å²) < 4.78 is 11.0. The highest BCUT2D eigenvalue weighted by atomic mass is 16.5. The highest BCUT2D eigenvalue weighted by Gasteiger charge is 2.22. The molecule has 0 bridgehead atoms. The van der Waals surface area contributed by atoms with E-state index in [1.165, 1.54) is 0 Å². The molecule has 1 aliphatic heterocycles. The Balaban J connectivity index is 1.32. The Morgan fingerprint density at radius 2 is 1.93 bits per heavy atom. The summed E-state index contributed by atoms with van der Waals surface area (Å²) in [5.74, 6) is 1.74. The molecule has 2 heterocycles. The van der Waals surface area contributed by atoms with Crippen molar-refractivity contribution < 1.29 is 13.9 Å². The van der Waals surface area contributed by atoms with E-state index in [4.69, 9.17) is 9.15 Å². The van der Waals surface area contributed by atoms with Gasteiger partial charge in [0.1, 0.15) is 11.3 Å². The lowest BCUT2D eigenvalue weighted by atomic mass is 10.1. The first-order valence-electron chi connectivity index (χ1n) is 9.66. The molecule has 1 aromatic heterocycles. The zero-order valence-electron chi connectivity index (χ0n) is 16.4. The van der Waals surface area contributed by atoms with E-state index in [-0.39, 0.29) is 5.91 Å². The van der Waals surface area contributed by atoms with Gasteiger partial charge in [0.15, 0.2) is 11.5 Å². The van der Waals surface area contributed by atoms with E-state index in [0.717, 1.165) is 54.3 Å². The smallest absolute Gasteiger partial charge is 0.223 e. The third kappa shape index (κ3) is 3.81. The highest BCUT2D eigenvalue weighted by molar-refractivity contribution is 5.78. The van der Waals surface area contributed by atoms with Crippen molar-refractivity contribution in [2.24, 2.45) is 0 Å². The summed E-state index contributed by atoms with van der Waals surface area (Å²) in [5, 5.41) is 0. The van der Waals surface area contributed by atoms with Gasteiger partial charge in [0, 0.05) is 39.5 Å². The van der Waals surface area contributed by atoms with E-state index in [9.17, 15) is 4.79 Å². The second-order valence-electron chi connectivity index (χ2n) is 7.07. The van der Waals surface area contributed by atoms with Crippen molar-refractivity contribution in [2.75, 3.05) is 38.2 Å². The van der Waals surface area contributed by atoms with Crippen LogP contribution in [0.3, 0.4) is 0 Å². The fourth-order valence-electron chi connectivity index (χ4n) is 3.74. The first-order valence-corrected chi connectivity index (χ1v) is 9.66. The van der Waals surface area contributed by atoms with Crippen LogP contribution >= 0.6 is 0 Å². The number of carbonyl (C=O) groups is 1. The van der Waals surface area contributed by atoms with Crippen LogP contribution in [-0.4, -0.2) is 49.1 Å². The molecular weight excluding hydrogens is 354 g/mol. The zero-order valence-corrected chi connectivity index (χ0v) is 16.4. The van der Waals surface area contributed by atoms with Crippen LogP contribution in [0.25, 0.3) is 11.1 Å². The van der Waals surface area contributed by atoms with E-state index in [1.807, 2.05) is 48.2 Å². The number of rotatable bonds is 5. The van der Waals surface area contributed by atoms with Crippen LogP contribution in [0.2, 0.25) is 0 Å². The van der Waals surface area contributed by atoms with E-state index in [1.54, 1.807) is 7.11 Å².